The average Bonchev–Trinajstić information content (AvgIpc) is 3.00. The molecule has 1 N–H and O–H groups in total. The lowest BCUT2D eigenvalue weighted by Crippen LogP contribution is -2.33. The molecule has 0 saturated carbocycles. The SMILES string of the molecule is COCc1c(C(=O)NC(C)CCc2ccccc2)oc2ccccc12. The number of furan rings is 1. The summed E-state index contributed by atoms with van der Waals surface area (Å²) in [4.78, 5) is 12.7. The highest BCUT2D eigenvalue weighted by Gasteiger charge is 2.21. The molecule has 25 heavy (non-hydrogen) atoms. The molecule has 130 valence electrons. The predicted octanol–water partition coefficient (Wildman–Crippen LogP) is 4.33. The van der Waals surface area contributed by atoms with Crippen molar-refractivity contribution in [2.75, 3.05) is 7.11 Å². The third-order valence-electron chi connectivity index (χ3n) is 4.28. The topological polar surface area (TPSA) is 51.5 Å². The van der Waals surface area contributed by atoms with Gasteiger partial charge in [0.15, 0.2) is 5.76 Å². The van der Waals surface area contributed by atoms with Gasteiger partial charge in [0, 0.05) is 24.1 Å². The first-order valence-electron chi connectivity index (χ1n) is 8.53. The van der Waals surface area contributed by atoms with Gasteiger partial charge in [-0.15, -0.1) is 0 Å². The van der Waals surface area contributed by atoms with Crippen LogP contribution in [0.2, 0.25) is 0 Å². The number of hydrogen-bond acceptors (Lipinski definition) is 3. The Morgan fingerprint density at radius 3 is 2.60 bits per heavy atom. The second-order valence-electron chi connectivity index (χ2n) is 6.24. The van der Waals surface area contributed by atoms with Gasteiger partial charge in [-0.25, -0.2) is 0 Å². The van der Waals surface area contributed by atoms with Crippen LogP contribution in [0.25, 0.3) is 11.0 Å². The van der Waals surface area contributed by atoms with Crippen LogP contribution in [-0.2, 0) is 17.8 Å². The van der Waals surface area contributed by atoms with Crippen LogP contribution < -0.4 is 5.32 Å². The van der Waals surface area contributed by atoms with Gasteiger partial charge in [-0.2, -0.15) is 0 Å². The van der Waals surface area contributed by atoms with E-state index in [9.17, 15) is 4.79 Å². The summed E-state index contributed by atoms with van der Waals surface area (Å²) < 4.78 is 11.0. The second kappa shape index (κ2) is 7.99. The fraction of sp³-hybridized carbons (Fsp3) is 0.286. The van der Waals surface area contributed by atoms with Crippen molar-refractivity contribution in [2.45, 2.75) is 32.4 Å². The maximum atomic E-state index is 12.7. The fourth-order valence-electron chi connectivity index (χ4n) is 2.96. The highest BCUT2D eigenvalue weighted by Crippen LogP contribution is 2.26. The second-order valence-corrected chi connectivity index (χ2v) is 6.24. The van der Waals surface area contributed by atoms with Crippen LogP contribution in [0, 0.1) is 0 Å². The van der Waals surface area contributed by atoms with Crippen LogP contribution in [-0.4, -0.2) is 19.1 Å². The minimum atomic E-state index is -0.191. The Balaban J connectivity index is 1.70. The van der Waals surface area contributed by atoms with Crippen LogP contribution in [0.5, 0.6) is 0 Å². The summed E-state index contributed by atoms with van der Waals surface area (Å²) in [7, 11) is 1.62. The molecule has 0 aliphatic heterocycles. The number of carbonyl (C=O) groups excluding carboxylic acids is 1. The zero-order chi connectivity index (χ0) is 17.6. The largest absolute Gasteiger partial charge is 0.451 e. The summed E-state index contributed by atoms with van der Waals surface area (Å²) in [5, 5.41) is 3.96. The summed E-state index contributed by atoms with van der Waals surface area (Å²) in [5.74, 6) is 0.151. The molecule has 0 aliphatic carbocycles. The number of rotatable bonds is 7. The van der Waals surface area contributed by atoms with Gasteiger partial charge >= 0.3 is 0 Å². The number of amides is 1. The Hall–Kier alpha value is -2.59. The molecular weight excluding hydrogens is 314 g/mol. The van der Waals surface area contributed by atoms with E-state index in [0.717, 1.165) is 23.8 Å². The standard InChI is InChI=1S/C21H23NO3/c1-15(12-13-16-8-4-3-5-9-16)22-21(23)20-18(14-24-2)17-10-6-7-11-19(17)25-20/h3-11,15H,12-14H2,1-2H3,(H,22,23). The third kappa shape index (κ3) is 4.09. The van der Waals surface area contributed by atoms with Gasteiger partial charge < -0.3 is 14.5 Å². The first kappa shape index (κ1) is 17.2. The maximum absolute atomic E-state index is 12.7. The Bertz CT molecular complexity index is 839. The Kier molecular flexibility index (Phi) is 5.51. The molecule has 3 rings (SSSR count). The normalized spacial score (nSPS) is 12.2. The molecule has 1 unspecified atom stereocenters. The fourth-order valence-corrected chi connectivity index (χ4v) is 2.96. The van der Waals surface area contributed by atoms with Gasteiger partial charge in [-0.05, 0) is 31.4 Å². The van der Waals surface area contributed by atoms with Crippen molar-refractivity contribution < 1.29 is 13.9 Å². The molecule has 3 aromatic rings. The molecule has 0 aliphatic rings. The molecule has 4 nitrogen and oxygen atoms in total. The van der Waals surface area contributed by atoms with Crippen LogP contribution >= 0.6 is 0 Å². The maximum Gasteiger partial charge on any atom is 0.287 e. The van der Waals surface area contributed by atoms with Crippen molar-refractivity contribution in [1.82, 2.24) is 5.32 Å². The molecular formula is C21H23NO3. The van der Waals surface area contributed by atoms with E-state index >= 15 is 0 Å². The number of aryl methyl sites for hydroxylation is 1. The number of fused-ring (bicyclic) bond motifs is 1. The summed E-state index contributed by atoms with van der Waals surface area (Å²) in [5.41, 5.74) is 2.77. The van der Waals surface area contributed by atoms with Gasteiger partial charge in [0.1, 0.15) is 5.58 Å². The Labute approximate surface area is 147 Å². The zero-order valence-electron chi connectivity index (χ0n) is 14.6. The van der Waals surface area contributed by atoms with Gasteiger partial charge in [0.2, 0.25) is 0 Å². The lowest BCUT2D eigenvalue weighted by atomic mass is 10.1. The Morgan fingerprint density at radius 1 is 1.12 bits per heavy atom. The number of methoxy groups -OCH3 is 1. The van der Waals surface area contributed by atoms with Crippen molar-refractivity contribution in [3.63, 3.8) is 0 Å². The molecule has 0 spiro atoms. The molecule has 0 radical (unpaired) electrons. The lowest BCUT2D eigenvalue weighted by molar-refractivity contribution is 0.0906. The van der Waals surface area contributed by atoms with E-state index in [2.05, 4.69) is 17.4 Å². The lowest BCUT2D eigenvalue weighted by Gasteiger charge is -2.13. The van der Waals surface area contributed by atoms with E-state index in [1.54, 1.807) is 7.11 Å². The number of para-hydroxylation sites is 1. The first-order chi connectivity index (χ1) is 12.2. The van der Waals surface area contributed by atoms with E-state index in [1.807, 2.05) is 49.4 Å². The molecule has 0 saturated heterocycles. The van der Waals surface area contributed by atoms with Crippen LogP contribution in [0.4, 0.5) is 0 Å². The number of carbonyl (C=O) groups is 1. The molecule has 4 heteroatoms. The minimum Gasteiger partial charge on any atom is -0.451 e. The molecule has 2 aromatic carbocycles. The van der Waals surface area contributed by atoms with Crippen molar-refractivity contribution in [1.29, 1.82) is 0 Å². The van der Waals surface area contributed by atoms with Crippen LogP contribution in [0.15, 0.2) is 59.0 Å². The smallest absolute Gasteiger partial charge is 0.287 e. The highest BCUT2D eigenvalue weighted by atomic mass is 16.5. The minimum absolute atomic E-state index is 0.0521. The van der Waals surface area contributed by atoms with Crippen molar-refractivity contribution in [2.24, 2.45) is 0 Å². The summed E-state index contributed by atoms with van der Waals surface area (Å²) in [6.07, 6.45) is 1.79. The number of nitrogens with one attached hydrogen (secondary N) is 1. The van der Waals surface area contributed by atoms with E-state index in [-0.39, 0.29) is 11.9 Å². The van der Waals surface area contributed by atoms with Crippen LogP contribution in [0.3, 0.4) is 0 Å². The van der Waals surface area contributed by atoms with Crippen molar-refractivity contribution >= 4 is 16.9 Å². The predicted molar refractivity (Wildman–Crippen MR) is 98.6 cm³/mol. The van der Waals surface area contributed by atoms with E-state index < -0.39 is 0 Å². The van der Waals surface area contributed by atoms with Crippen molar-refractivity contribution in [3.05, 3.63) is 71.5 Å². The molecule has 0 bridgehead atoms. The highest BCUT2D eigenvalue weighted by molar-refractivity contribution is 5.99. The van der Waals surface area contributed by atoms with Gasteiger partial charge in [0.25, 0.3) is 5.91 Å². The van der Waals surface area contributed by atoms with Gasteiger partial charge in [0.05, 0.1) is 6.61 Å². The molecule has 1 aromatic heterocycles. The van der Waals surface area contributed by atoms with Gasteiger partial charge in [-0.1, -0.05) is 48.5 Å². The summed E-state index contributed by atoms with van der Waals surface area (Å²) in [6.45, 7) is 2.36. The van der Waals surface area contributed by atoms with Crippen molar-refractivity contribution in [3.8, 4) is 0 Å². The quantitative estimate of drug-likeness (QED) is 0.698. The van der Waals surface area contributed by atoms with Crippen LogP contribution in [0.1, 0.15) is 35.0 Å². The first-order valence-corrected chi connectivity index (χ1v) is 8.53. The van der Waals surface area contributed by atoms with E-state index in [4.69, 9.17) is 9.15 Å². The Morgan fingerprint density at radius 2 is 1.84 bits per heavy atom. The molecule has 1 heterocycles. The van der Waals surface area contributed by atoms with Gasteiger partial charge in [-0.3, -0.25) is 4.79 Å². The third-order valence-corrected chi connectivity index (χ3v) is 4.28. The van der Waals surface area contributed by atoms with E-state index in [1.165, 1.54) is 5.56 Å². The summed E-state index contributed by atoms with van der Waals surface area (Å²) >= 11 is 0. The zero-order valence-corrected chi connectivity index (χ0v) is 14.6. The average molecular weight is 337 g/mol. The molecule has 0 fully saturated rings. The monoisotopic (exact) mass is 337 g/mol. The molecule has 1 atom stereocenters. The summed E-state index contributed by atoms with van der Waals surface area (Å²) in [6, 6.07) is 18.0. The molecule has 1 amide bonds. The number of ether oxygens (including phenoxy) is 1. The van der Waals surface area contributed by atoms with E-state index in [0.29, 0.717) is 18.0 Å². The number of benzene rings is 2. The number of hydrogen-bond donors (Lipinski definition) is 1.